The summed E-state index contributed by atoms with van der Waals surface area (Å²) in [6.45, 7) is 14.5. The van der Waals surface area contributed by atoms with Gasteiger partial charge in [-0.15, -0.1) is 34.2 Å². The first-order valence-corrected chi connectivity index (χ1v) is 10.4. The van der Waals surface area contributed by atoms with Crippen LogP contribution in [0.2, 0.25) is 0 Å². The maximum Gasteiger partial charge on any atom is 0.191 e. The normalized spacial score (nSPS) is 12.5. The first-order valence-electron chi connectivity index (χ1n) is 10.4. The van der Waals surface area contributed by atoms with Gasteiger partial charge in [0.25, 0.3) is 0 Å². The van der Waals surface area contributed by atoms with Gasteiger partial charge < -0.3 is 19.9 Å². The molecule has 0 saturated carbocycles. The fourth-order valence-corrected chi connectivity index (χ4v) is 3.10. The molecule has 168 valence electrons. The van der Waals surface area contributed by atoms with Gasteiger partial charge in [0, 0.05) is 19.2 Å². The van der Waals surface area contributed by atoms with Crippen molar-refractivity contribution in [3.05, 3.63) is 41.0 Å². The number of aliphatic imine (C=N–C) groups is 1. The van der Waals surface area contributed by atoms with Crippen molar-refractivity contribution < 1.29 is 4.74 Å². The molecule has 0 aliphatic heterocycles. The number of aryl methyl sites for hydroxylation is 2. The molecule has 1 aromatic carbocycles. The van der Waals surface area contributed by atoms with E-state index in [4.69, 9.17) is 9.73 Å². The molecule has 2 N–H and O–H groups in total. The number of nitrogens with zero attached hydrogens (tertiary/aromatic N) is 4. The van der Waals surface area contributed by atoms with Gasteiger partial charge in [0.05, 0.1) is 19.2 Å². The molecular weight excluding hydrogens is 491 g/mol. The monoisotopic (exact) mass is 528 g/mol. The average Bonchev–Trinajstić information content (AvgIpc) is 2.96. The number of aromatic nitrogens is 3. The Morgan fingerprint density at radius 1 is 1.17 bits per heavy atom. The standard InChI is InChI=1S/C22H36N6O.HI/c1-8-23-22(25-14-21-27-26-18(6)28(21)7)24-13-19-10-9-16(4)12-20(19)29-17(5)11-15(2)3;/h9-10,12,15,17H,8,11,13-14H2,1-7H3,(H2,23,24,25);1H. The number of hydrogen-bond donors (Lipinski definition) is 2. The van der Waals surface area contributed by atoms with E-state index in [0.29, 0.717) is 19.0 Å². The number of hydrogen-bond acceptors (Lipinski definition) is 4. The molecule has 2 aromatic rings. The van der Waals surface area contributed by atoms with Crippen molar-refractivity contribution in [1.29, 1.82) is 0 Å². The van der Waals surface area contributed by atoms with Crippen LogP contribution in [0, 0.1) is 19.8 Å². The molecule has 0 amide bonds. The molecule has 2 rings (SSSR count). The van der Waals surface area contributed by atoms with Gasteiger partial charge in [-0.2, -0.15) is 0 Å². The number of guanidine groups is 1. The summed E-state index contributed by atoms with van der Waals surface area (Å²) in [5, 5.41) is 14.9. The summed E-state index contributed by atoms with van der Waals surface area (Å²) in [5.41, 5.74) is 2.27. The molecule has 0 radical (unpaired) electrons. The lowest BCUT2D eigenvalue weighted by atomic mass is 10.1. The van der Waals surface area contributed by atoms with E-state index in [2.05, 4.69) is 73.6 Å². The molecule has 1 atom stereocenters. The van der Waals surface area contributed by atoms with Gasteiger partial charge in [-0.1, -0.05) is 26.0 Å². The lowest BCUT2D eigenvalue weighted by Gasteiger charge is -2.19. The second-order valence-corrected chi connectivity index (χ2v) is 7.94. The number of nitrogens with one attached hydrogen (secondary N) is 2. The Balaban J connectivity index is 0.00000450. The number of halogens is 1. The molecule has 0 saturated heterocycles. The Kier molecular flexibility index (Phi) is 11.1. The summed E-state index contributed by atoms with van der Waals surface area (Å²) in [6, 6.07) is 6.31. The van der Waals surface area contributed by atoms with Gasteiger partial charge in [-0.25, -0.2) is 4.99 Å². The van der Waals surface area contributed by atoms with Crippen molar-refractivity contribution in [2.45, 2.75) is 67.2 Å². The zero-order chi connectivity index (χ0) is 21.4. The van der Waals surface area contributed by atoms with Gasteiger partial charge >= 0.3 is 0 Å². The molecular formula is C22H37IN6O. The second-order valence-electron chi connectivity index (χ2n) is 7.94. The van der Waals surface area contributed by atoms with E-state index in [-0.39, 0.29) is 30.1 Å². The summed E-state index contributed by atoms with van der Waals surface area (Å²) in [7, 11) is 1.96. The van der Waals surface area contributed by atoms with Crippen molar-refractivity contribution in [3.63, 3.8) is 0 Å². The minimum absolute atomic E-state index is 0. The second kappa shape index (κ2) is 12.8. The van der Waals surface area contributed by atoms with Gasteiger partial charge in [-0.3, -0.25) is 0 Å². The van der Waals surface area contributed by atoms with Crippen LogP contribution in [0.4, 0.5) is 0 Å². The third-order valence-electron chi connectivity index (χ3n) is 4.70. The SMILES string of the molecule is CCNC(=NCc1ccc(C)cc1OC(C)CC(C)C)NCc1nnc(C)n1C.I. The zero-order valence-electron chi connectivity index (χ0n) is 19.3. The summed E-state index contributed by atoms with van der Waals surface area (Å²) >= 11 is 0. The van der Waals surface area contributed by atoms with E-state index < -0.39 is 0 Å². The Hall–Kier alpha value is -1.84. The summed E-state index contributed by atoms with van der Waals surface area (Å²) in [4.78, 5) is 4.75. The highest BCUT2D eigenvalue weighted by molar-refractivity contribution is 14.0. The average molecular weight is 528 g/mol. The van der Waals surface area contributed by atoms with Crippen molar-refractivity contribution in [2.75, 3.05) is 6.54 Å². The van der Waals surface area contributed by atoms with Crippen LogP contribution in [-0.2, 0) is 20.1 Å². The van der Waals surface area contributed by atoms with Crippen LogP contribution in [0.25, 0.3) is 0 Å². The summed E-state index contributed by atoms with van der Waals surface area (Å²) in [6.07, 6.45) is 1.20. The zero-order valence-corrected chi connectivity index (χ0v) is 21.7. The van der Waals surface area contributed by atoms with E-state index in [1.807, 2.05) is 18.5 Å². The van der Waals surface area contributed by atoms with E-state index in [0.717, 1.165) is 41.9 Å². The van der Waals surface area contributed by atoms with Crippen LogP contribution < -0.4 is 15.4 Å². The quantitative estimate of drug-likeness (QED) is 0.291. The van der Waals surface area contributed by atoms with Crippen molar-refractivity contribution >= 4 is 29.9 Å². The van der Waals surface area contributed by atoms with Crippen molar-refractivity contribution in [3.8, 4) is 5.75 Å². The fraction of sp³-hybridized carbons (Fsp3) is 0.591. The predicted molar refractivity (Wildman–Crippen MR) is 134 cm³/mol. The van der Waals surface area contributed by atoms with E-state index >= 15 is 0 Å². The Bertz CT molecular complexity index is 818. The van der Waals surface area contributed by atoms with E-state index in [9.17, 15) is 0 Å². The van der Waals surface area contributed by atoms with Gasteiger partial charge in [0.15, 0.2) is 11.8 Å². The summed E-state index contributed by atoms with van der Waals surface area (Å²) in [5.74, 6) is 4.03. The van der Waals surface area contributed by atoms with Crippen LogP contribution in [0.1, 0.15) is 56.9 Å². The first-order chi connectivity index (χ1) is 13.8. The van der Waals surface area contributed by atoms with Gasteiger partial charge in [0.2, 0.25) is 0 Å². The smallest absolute Gasteiger partial charge is 0.191 e. The lowest BCUT2D eigenvalue weighted by molar-refractivity contribution is 0.191. The lowest BCUT2D eigenvalue weighted by Crippen LogP contribution is -2.37. The molecule has 0 spiro atoms. The largest absolute Gasteiger partial charge is 0.490 e. The minimum atomic E-state index is 0. The molecule has 7 nitrogen and oxygen atoms in total. The topological polar surface area (TPSA) is 76.4 Å². The third-order valence-corrected chi connectivity index (χ3v) is 4.70. The summed E-state index contributed by atoms with van der Waals surface area (Å²) < 4.78 is 8.22. The van der Waals surface area contributed by atoms with Gasteiger partial charge in [0.1, 0.15) is 11.6 Å². The molecule has 0 aliphatic carbocycles. The van der Waals surface area contributed by atoms with Crippen LogP contribution in [0.3, 0.4) is 0 Å². The maximum atomic E-state index is 6.25. The van der Waals surface area contributed by atoms with Crippen molar-refractivity contribution in [2.24, 2.45) is 18.0 Å². The van der Waals surface area contributed by atoms with Crippen LogP contribution >= 0.6 is 24.0 Å². The minimum Gasteiger partial charge on any atom is -0.490 e. The predicted octanol–water partition coefficient (Wildman–Crippen LogP) is 4.12. The Morgan fingerprint density at radius 3 is 2.50 bits per heavy atom. The highest BCUT2D eigenvalue weighted by Crippen LogP contribution is 2.24. The number of rotatable bonds is 9. The highest BCUT2D eigenvalue weighted by Gasteiger charge is 2.11. The Morgan fingerprint density at radius 2 is 1.90 bits per heavy atom. The number of ether oxygens (including phenoxy) is 1. The maximum absolute atomic E-state index is 6.25. The number of benzene rings is 1. The van der Waals surface area contributed by atoms with Crippen LogP contribution in [-0.4, -0.2) is 33.4 Å². The van der Waals surface area contributed by atoms with Crippen LogP contribution in [0.5, 0.6) is 5.75 Å². The van der Waals surface area contributed by atoms with Gasteiger partial charge in [-0.05, 0) is 51.7 Å². The van der Waals surface area contributed by atoms with E-state index in [1.54, 1.807) is 0 Å². The molecule has 1 aromatic heterocycles. The van der Waals surface area contributed by atoms with E-state index in [1.165, 1.54) is 5.56 Å². The Labute approximate surface area is 198 Å². The molecule has 1 heterocycles. The molecule has 0 bridgehead atoms. The highest BCUT2D eigenvalue weighted by atomic mass is 127. The molecule has 1 unspecified atom stereocenters. The fourth-order valence-electron chi connectivity index (χ4n) is 3.10. The van der Waals surface area contributed by atoms with Crippen molar-refractivity contribution in [1.82, 2.24) is 25.4 Å². The molecule has 30 heavy (non-hydrogen) atoms. The third kappa shape index (κ3) is 8.12. The molecule has 0 aliphatic rings. The van der Waals surface area contributed by atoms with Crippen LogP contribution in [0.15, 0.2) is 23.2 Å². The molecule has 8 heteroatoms. The first kappa shape index (κ1) is 26.2. The molecule has 0 fully saturated rings.